The van der Waals surface area contributed by atoms with Crippen LogP contribution in [0.5, 0.6) is 0 Å². The number of carbonyl (C=O) groups is 1. The zero-order valence-corrected chi connectivity index (χ0v) is 13.4. The number of nitro groups is 1. The molecule has 0 aliphatic rings. The van der Waals surface area contributed by atoms with E-state index in [0.717, 1.165) is 0 Å². The number of nitro benzene ring substituents is 1. The third-order valence-electron chi connectivity index (χ3n) is 2.49. The van der Waals surface area contributed by atoms with Crippen LogP contribution in [0.1, 0.15) is 17.3 Å². The van der Waals surface area contributed by atoms with E-state index in [-0.39, 0.29) is 0 Å². The number of amides is 1. The van der Waals surface area contributed by atoms with E-state index in [1.807, 2.05) is 0 Å². The lowest BCUT2D eigenvalue weighted by Gasteiger charge is -2.26. The molecule has 0 unspecified atom stereocenters. The third-order valence-corrected chi connectivity index (χ3v) is 4.96. The minimum Gasteiger partial charge on any atom is -0.345 e. The zero-order chi connectivity index (χ0) is 15.5. The lowest BCUT2D eigenvalue weighted by Crippen LogP contribution is -2.49. The molecule has 0 fully saturated rings. The molecule has 1 amide bonds. The second-order valence-electron chi connectivity index (χ2n) is 4.32. The number of hydrogen-bond donors (Lipinski definition) is 1. The number of alkyl halides is 2. The maximum Gasteiger partial charge on any atom is 0.285 e. The Labute approximate surface area is 130 Å². The highest BCUT2D eigenvalue weighted by Crippen LogP contribution is 2.23. The topological polar surface area (TPSA) is 72.2 Å². The highest BCUT2D eigenvalue weighted by Gasteiger charge is 2.29. The van der Waals surface area contributed by atoms with Crippen molar-refractivity contribution in [1.29, 1.82) is 0 Å². The normalized spacial score (nSPS) is 11.2. The molecule has 1 aromatic carbocycles. The molecule has 0 heterocycles. The van der Waals surface area contributed by atoms with Crippen molar-refractivity contribution in [3.05, 3.63) is 39.4 Å². The highest BCUT2D eigenvalue weighted by molar-refractivity contribution is 9.09. The third kappa shape index (κ3) is 3.72. The van der Waals surface area contributed by atoms with Crippen molar-refractivity contribution in [1.82, 2.24) is 5.32 Å². The van der Waals surface area contributed by atoms with E-state index in [4.69, 9.17) is 0 Å². The molecule has 0 saturated carbocycles. The van der Waals surface area contributed by atoms with Gasteiger partial charge in [0.15, 0.2) is 11.6 Å². The molecule has 0 radical (unpaired) electrons. The fraction of sp³-hybridized carbons (Fsp3) is 0.364. The van der Waals surface area contributed by atoms with Gasteiger partial charge in [-0.3, -0.25) is 14.9 Å². The standard InChI is InChI=1S/C11H10Br2F2N2O3/c1-11(4-12,5-13)16-10(18)6-2-7(14)8(15)3-9(6)17(19)20/h2-3H,4-5H2,1H3,(H,16,18). The largest absolute Gasteiger partial charge is 0.345 e. The van der Waals surface area contributed by atoms with Crippen molar-refractivity contribution < 1.29 is 18.5 Å². The summed E-state index contributed by atoms with van der Waals surface area (Å²) in [5, 5.41) is 14.1. The van der Waals surface area contributed by atoms with Crippen LogP contribution in [0.15, 0.2) is 12.1 Å². The van der Waals surface area contributed by atoms with Crippen molar-refractivity contribution in [2.75, 3.05) is 10.7 Å². The molecule has 1 N–H and O–H groups in total. The van der Waals surface area contributed by atoms with E-state index in [2.05, 4.69) is 37.2 Å². The summed E-state index contributed by atoms with van der Waals surface area (Å²) in [6, 6.07) is 0.912. The van der Waals surface area contributed by atoms with Gasteiger partial charge in [-0.05, 0) is 13.0 Å². The molecule has 1 aromatic rings. The molecular formula is C11H10Br2F2N2O3. The number of rotatable bonds is 5. The van der Waals surface area contributed by atoms with Gasteiger partial charge in [0, 0.05) is 10.7 Å². The van der Waals surface area contributed by atoms with Crippen molar-refractivity contribution in [3.63, 3.8) is 0 Å². The van der Waals surface area contributed by atoms with Crippen molar-refractivity contribution in [3.8, 4) is 0 Å². The van der Waals surface area contributed by atoms with Crippen LogP contribution < -0.4 is 5.32 Å². The molecule has 0 atom stereocenters. The number of nitrogens with one attached hydrogen (secondary N) is 1. The van der Waals surface area contributed by atoms with Gasteiger partial charge in [0.1, 0.15) is 5.56 Å². The predicted octanol–water partition coefficient (Wildman–Crippen LogP) is 3.15. The molecule has 0 aliphatic heterocycles. The van der Waals surface area contributed by atoms with Crippen LogP contribution in [0.2, 0.25) is 0 Å². The summed E-state index contributed by atoms with van der Waals surface area (Å²) in [4.78, 5) is 21.9. The smallest absolute Gasteiger partial charge is 0.285 e. The molecule has 0 aliphatic carbocycles. The Morgan fingerprint density at radius 3 is 2.30 bits per heavy atom. The summed E-state index contributed by atoms with van der Waals surface area (Å²) in [6.07, 6.45) is 0. The van der Waals surface area contributed by atoms with Crippen LogP contribution in [0.25, 0.3) is 0 Å². The van der Waals surface area contributed by atoms with Gasteiger partial charge in [-0.15, -0.1) is 0 Å². The summed E-state index contributed by atoms with van der Waals surface area (Å²) < 4.78 is 26.2. The van der Waals surface area contributed by atoms with Gasteiger partial charge in [-0.2, -0.15) is 0 Å². The zero-order valence-electron chi connectivity index (χ0n) is 10.3. The van der Waals surface area contributed by atoms with Crippen LogP contribution >= 0.6 is 31.9 Å². The van der Waals surface area contributed by atoms with Crippen LogP contribution in [-0.2, 0) is 0 Å². The molecule has 0 bridgehead atoms. The van der Waals surface area contributed by atoms with Gasteiger partial charge >= 0.3 is 0 Å². The van der Waals surface area contributed by atoms with E-state index in [1.54, 1.807) is 6.92 Å². The number of nitrogens with zero attached hydrogens (tertiary/aromatic N) is 1. The van der Waals surface area contributed by atoms with E-state index in [1.165, 1.54) is 0 Å². The highest BCUT2D eigenvalue weighted by atomic mass is 79.9. The van der Waals surface area contributed by atoms with Gasteiger partial charge in [0.2, 0.25) is 0 Å². The van der Waals surface area contributed by atoms with Crippen LogP contribution in [0, 0.1) is 21.7 Å². The molecule has 110 valence electrons. The number of halogens is 4. The summed E-state index contributed by atoms with van der Waals surface area (Å²) >= 11 is 6.39. The lowest BCUT2D eigenvalue weighted by molar-refractivity contribution is -0.385. The van der Waals surface area contributed by atoms with Gasteiger partial charge in [-0.1, -0.05) is 31.9 Å². The Hall–Kier alpha value is -1.09. The molecule has 20 heavy (non-hydrogen) atoms. The maximum absolute atomic E-state index is 13.2. The number of carbonyl (C=O) groups excluding carboxylic acids is 1. The fourth-order valence-electron chi connectivity index (χ4n) is 1.31. The van der Waals surface area contributed by atoms with E-state index >= 15 is 0 Å². The number of hydrogen-bond acceptors (Lipinski definition) is 3. The monoisotopic (exact) mass is 414 g/mol. The maximum atomic E-state index is 13.2. The molecule has 9 heteroatoms. The van der Waals surface area contributed by atoms with Crippen molar-refractivity contribution >= 4 is 43.5 Å². The molecule has 0 spiro atoms. The van der Waals surface area contributed by atoms with Gasteiger partial charge in [0.05, 0.1) is 16.5 Å². The first kappa shape index (κ1) is 17.0. The summed E-state index contributed by atoms with van der Waals surface area (Å²) in [7, 11) is 0. The van der Waals surface area contributed by atoms with Crippen molar-refractivity contribution in [2.45, 2.75) is 12.5 Å². The average molecular weight is 416 g/mol. The van der Waals surface area contributed by atoms with Gasteiger partial charge in [0.25, 0.3) is 11.6 Å². The molecule has 1 rings (SSSR count). The van der Waals surface area contributed by atoms with E-state index in [9.17, 15) is 23.7 Å². The van der Waals surface area contributed by atoms with Crippen LogP contribution in [-0.4, -0.2) is 27.0 Å². The Bertz CT molecular complexity index is 551. The quantitative estimate of drug-likeness (QED) is 0.456. The second-order valence-corrected chi connectivity index (χ2v) is 5.44. The summed E-state index contributed by atoms with van der Waals surface area (Å²) in [5.41, 5.74) is -2.04. The minimum atomic E-state index is -1.38. The summed E-state index contributed by atoms with van der Waals surface area (Å²) in [5.74, 6) is -3.55. The fourth-order valence-corrected chi connectivity index (χ4v) is 2.52. The molecule has 5 nitrogen and oxygen atoms in total. The van der Waals surface area contributed by atoms with Gasteiger partial charge < -0.3 is 5.32 Å². The Morgan fingerprint density at radius 1 is 1.35 bits per heavy atom. The number of benzene rings is 1. The van der Waals surface area contributed by atoms with Crippen LogP contribution in [0.4, 0.5) is 14.5 Å². The minimum absolute atomic E-state index is 0.370. The molecule has 0 saturated heterocycles. The predicted molar refractivity (Wildman–Crippen MR) is 76.5 cm³/mol. The van der Waals surface area contributed by atoms with Crippen molar-refractivity contribution in [2.24, 2.45) is 0 Å². The first-order valence-electron chi connectivity index (χ1n) is 5.32. The lowest BCUT2D eigenvalue weighted by atomic mass is 10.1. The Morgan fingerprint density at radius 2 is 1.85 bits per heavy atom. The molecule has 0 aromatic heterocycles. The Kier molecular flexibility index (Phi) is 5.58. The second kappa shape index (κ2) is 6.57. The first-order chi connectivity index (χ1) is 9.24. The molecular weight excluding hydrogens is 406 g/mol. The summed E-state index contributed by atoms with van der Waals surface area (Å²) in [6.45, 7) is 1.68. The SMILES string of the molecule is CC(CBr)(CBr)NC(=O)c1cc(F)c(F)cc1[N+](=O)[O-]. The van der Waals surface area contributed by atoms with E-state index < -0.39 is 39.3 Å². The van der Waals surface area contributed by atoms with Crippen LogP contribution in [0.3, 0.4) is 0 Å². The Balaban J connectivity index is 3.22. The first-order valence-corrected chi connectivity index (χ1v) is 7.56. The van der Waals surface area contributed by atoms with E-state index in [0.29, 0.717) is 22.8 Å². The average Bonchev–Trinajstić information content (AvgIpc) is 2.40. The van der Waals surface area contributed by atoms with Gasteiger partial charge in [-0.25, -0.2) is 8.78 Å².